The zero-order valence-electron chi connectivity index (χ0n) is 18.5. The summed E-state index contributed by atoms with van der Waals surface area (Å²) in [6.07, 6.45) is 5.01. The Bertz CT molecular complexity index is 1600. The van der Waals surface area contributed by atoms with Crippen LogP contribution in [0.5, 0.6) is 0 Å². The number of para-hydroxylation sites is 1. The van der Waals surface area contributed by atoms with E-state index in [-0.39, 0.29) is 17.1 Å². The molecule has 1 aliphatic carbocycles. The largest absolute Gasteiger partial charge is 0.302 e. The van der Waals surface area contributed by atoms with Crippen molar-refractivity contribution in [2.45, 2.75) is 0 Å². The number of anilines is 2. The lowest BCUT2D eigenvalue weighted by atomic mass is 10.1. The number of allylic oxidation sites excluding steroid dienone is 4. The summed E-state index contributed by atoms with van der Waals surface area (Å²) in [7, 11) is -1.60. The minimum atomic E-state index is -1.60. The smallest absolute Gasteiger partial charge is 0.197 e. The predicted octanol–water partition coefficient (Wildman–Crippen LogP) is 6.47. The van der Waals surface area contributed by atoms with E-state index in [0.29, 0.717) is 21.1 Å². The molecular formula is C30H19NO3S. The Morgan fingerprint density at radius 3 is 2.03 bits per heavy atom. The highest BCUT2D eigenvalue weighted by molar-refractivity contribution is 7.93. The average molecular weight is 474 g/mol. The number of nitrogens with zero attached hydrogens (tertiary/aromatic N) is 1. The molecule has 0 aromatic heterocycles. The number of Topliss-reactive ketones (excluding diaryl/α,β-unsaturated/α-hetero) is 2. The molecule has 1 atom stereocenters. The molecule has 0 fully saturated rings. The zero-order valence-corrected chi connectivity index (χ0v) is 19.4. The predicted molar refractivity (Wildman–Crippen MR) is 140 cm³/mol. The molecule has 1 unspecified atom stereocenters. The Kier molecular flexibility index (Phi) is 5.12. The monoisotopic (exact) mass is 473 g/mol. The van der Waals surface area contributed by atoms with Crippen LogP contribution in [0.1, 0.15) is 20.7 Å². The van der Waals surface area contributed by atoms with Gasteiger partial charge in [-0.15, -0.1) is 0 Å². The highest BCUT2D eigenvalue weighted by Crippen LogP contribution is 2.39. The first kappa shape index (κ1) is 21.2. The standard InChI is InChI=1S/C30H19NO3S/c32-29-24-14-6-7-15-25(24)30(33)26(29)19-22-17-18-28(35(22)34)31(21-11-2-1-3-12-21)27-16-8-10-20-9-4-5-13-23(20)27/h1-19H. The van der Waals surface area contributed by atoms with Crippen LogP contribution in [0.2, 0.25) is 0 Å². The third-order valence-electron chi connectivity index (χ3n) is 6.23. The Labute approximate surface area is 205 Å². The molecule has 0 saturated carbocycles. The molecule has 168 valence electrons. The van der Waals surface area contributed by atoms with E-state index in [1.54, 1.807) is 36.4 Å². The first-order valence-electron chi connectivity index (χ1n) is 11.2. The molecule has 4 aromatic carbocycles. The molecule has 1 heterocycles. The lowest BCUT2D eigenvalue weighted by Gasteiger charge is -2.27. The summed E-state index contributed by atoms with van der Waals surface area (Å²) in [6.45, 7) is 0. The van der Waals surface area contributed by atoms with Gasteiger partial charge in [-0.05, 0) is 41.8 Å². The molecule has 6 rings (SSSR count). The van der Waals surface area contributed by atoms with E-state index in [2.05, 4.69) is 0 Å². The van der Waals surface area contributed by atoms with Gasteiger partial charge in [0.25, 0.3) is 0 Å². The first-order chi connectivity index (χ1) is 17.1. The lowest BCUT2D eigenvalue weighted by Crippen LogP contribution is -2.19. The fourth-order valence-electron chi connectivity index (χ4n) is 4.57. The van der Waals surface area contributed by atoms with Crippen LogP contribution in [0, 0.1) is 0 Å². The summed E-state index contributed by atoms with van der Waals surface area (Å²) >= 11 is 0. The normalized spacial score (nSPS) is 16.8. The molecule has 4 nitrogen and oxygen atoms in total. The van der Waals surface area contributed by atoms with Crippen LogP contribution in [0.15, 0.2) is 131 Å². The van der Waals surface area contributed by atoms with E-state index < -0.39 is 10.8 Å². The van der Waals surface area contributed by atoms with Gasteiger partial charge in [-0.25, -0.2) is 4.21 Å². The highest BCUT2D eigenvalue weighted by atomic mass is 32.2. The Hall–Kier alpha value is -4.35. The van der Waals surface area contributed by atoms with Crippen LogP contribution in [0.3, 0.4) is 0 Å². The van der Waals surface area contributed by atoms with Crippen molar-refractivity contribution in [3.05, 3.63) is 142 Å². The number of carbonyl (C=O) groups is 2. The average Bonchev–Trinajstić information content (AvgIpc) is 3.38. The van der Waals surface area contributed by atoms with Gasteiger partial charge in [-0.3, -0.25) is 9.59 Å². The van der Waals surface area contributed by atoms with E-state index >= 15 is 0 Å². The number of benzene rings is 4. The fraction of sp³-hybridized carbons (Fsp3) is 0. The van der Waals surface area contributed by atoms with Crippen molar-refractivity contribution < 1.29 is 13.8 Å². The van der Waals surface area contributed by atoms with Crippen LogP contribution in [-0.4, -0.2) is 15.8 Å². The topological polar surface area (TPSA) is 54.5 Å². The number of fused-ring (bicyclic) bond motifs is 2. The van der Waals surface area contributed by atoms with E-state index in [9.17, 15) is 13.8 Å². The second-order valence-corrected chi connectivity index (χ2v) is 9.70. The zero-order chi connectivity index (χ0) is 23.9. The van der Waals surface area contributed by atoms with E-state index in [0.717, 1.165) is 22.1 Å². The molecule has 2 aliphatic rings. The van der Waals surface area contributed by atoms with Gasteiger partial charge in [-0.1, -0.05) is 78.9 Å². The molecule has 0 bridgehead atoms. The second-order valence-electron chi connectivity index (χ2n) is 8.27. The summed E-state index contributed by atoms with van der Waals surface area (Å²) in [6, 6.07) is 30.6. The molecule has 0 saturated heterocycles. The van der Waals surface area contributed by atoms with Crippen molar-refractivity contribution >= 4 is 44.5 Å². The van der Waals surface area contributed by atoms with Gasteiger partial charge in [0.15, 0.2) is 11.6 Å². The number of hydrogen-bond acceptors (Lipinski definition) is 4. The molecule has 0 amide bonds. The molecular weight excluding hydrogens is 454 g/mol. The maximum atomic E-state index is 13.8. The van der Waals surface area contributed by atoms with Crippen molar-refractivity contribution in [2.75, 3.05) is 4.90 Å². The molecule has 1 aliphatic heterocycles. The first-order valence-corrected chi connectivity index (χ1v) is 12.4. The second kappa shape index (κ2) is 8.46. The van der Waals surface area contributed by atoms with Gasteiger partial charge in [-0.2, -0.15) is 0 Å². The van der Waals surface area contributed by atoms with Gasteiger partial charge in [0, 0.05) is 27.1 Å². The van der Waals surface area contributed by atoms with E-state index in [1.807, 2.05) is 77.7 Å². The Morgan fingerprint density at radius 1 is 0.657 bits per heavy atom. The number of carbonyl (C=O) groups excluding carboxylic acids is 2. The number of ketones is 2. The van der Waals surface area contributed by atoms with Crippen molar-refractivity contribution in [1.82, 2.24) is 0 Å². The summed E-state index contributed by atoms with van der Waals surface area (Å²) < 4.78 is 13.8. The van der Waals surface area contributed by atoms with Crippen LogP contribution in [0.4, 0.5) is 11.4 Å². The van der Waals surface area contributed by atoms with Crippen molar-refractivity contribution in [3.63, 3.8) is 0 Å². The number of rotatable bonds is 4. The van der Waals surface area contributed by atoms with Gasteiger partial charge in [0.05, 0.1) is 11.3 Å². The van der Waals surface area contributed by atoms with Gasteiger partial charge < -0.3 is 4.90 Å². The minimum Gasteiger partial charge on any atom is -0.302 e. The lowest BCUT2D eigenvalue weighted by molar-refractivity contribution is 0.0988. The van der Waals surface area contributed by atoms with Crippen molar-refractivity contribution in [1.29, 1.82) is 0 Å². The number of hydrogen-bond donors (Lipinski definition) is 0. The van der Waals surface area contributed by atoms with Crippen molar-refractivity contribution in [3.8, 4) is 0 Å². The fourth-order valence-corrected chi connectivity index (χ4v) is 5.79. The summed E-state index contributed by atoms with van der Waals surface area (Å²) in [4.78, 5) is 28.1. The molecule has 0 spiro atoms. The highest BCUT2D eigenvalue weighted by Gasteiger charge is 2.34. The van der Waals surface area contributed by atoms with Gasteiger partial charge in [0.1, 0.15) is 15.8 Å². The SMILES string of the molecule is O=C1C(=CC2=CC=C(N(c3ccccc3)c3cccc4ccccc34)S2=O)C(=O)c2ccccc21. The third kappa shape index (κ3) is 3.49. The van der Waals surface area contributed by atoms with E-state index in [1.165, 1.54) is 6.08 Å². The minimum absolute atomic E-state index is 0.0527. The van der Waals surface area contributed by atoms with Crippen LogP contribution in [0.25, 0.3) is 10.8 Å². The van der Waals surface area contributed by atoms with E-state index in [4.69, 9.17) is 0 Å². The van der Waals surface area contributed by atoms with Crippen LogP contribution in [-0.2, 0) is 10.8 Å². The molecule has 35 heavy (non-hydrogen) atoms. The van der Waals surface area contributed by atoms with Gasteiger partial charge >= 0.3 is 0 Å². The summed E-state index contributed by atoms with van der Waals surface area (Å²) in [5.41, 5.74) is 2.60. The molecule has 4 aromatic rings. The molecule has 5 heteroatoms. The molecule has 0 radical (unpaired) electrons. The van der Waals surface area contributed by atoms with Crippen LogP contribution >= 0.6 is 0 Å². The maximum Gasteiger partial charge on any atom is 0.197 e. The van der Waals surface area contributed by atoms with Crippen molar-refractivity contribution in [2.24, 2.45) is 0 Å². The maximum absolute atomic E-state index is 13.8. The third-order valence-corrected chi connectivity index (χ3v) is 7.61. The van der Waals surface area contributed by atoms with Crippen LogP contribution < -0.4 is 4.90 Å². The quantitative estimate of drug-likeness (QED) is 0.252. The Balaban J connectivity index is 1.41. The van der Waals surface area contributed by atoms with Gasteiger partial charge in [0.2, 0.25) is 0 Å². The Morgan fingerprint density at radius 2 is 1.29 bits per heavy atom. The molecule has 0 N–H and O–H groups in total. The summed E-state index contributed by atoms with van der Waals surface area (Å²) in [5.74, 6) is -0.656. The summed E-state index contributed by atoms with van der Waals surface area (Å²) in [5, 5.41) is 2.67.